The number of nitrogens with one attached hydrogen (secondary N) is 1. The van der Waals surface area contributed by atoms with E-state index < -0.39 is 0 Å². The van der Waals surface area contributed by atoms with Crippen molar-refractivity contribution in [3.63, 3.8) is 0 Å². The zero-order valence-corrected chi connectivity index (χ0v) is 9.12. The highest BCUT2D eigenvalue weighted by Gasteiger charge is 2.36. The molecule has 14 heavy (non-hydrogen) atoms. The topological polar surface area (TPSA) is 32.3 Å². The minimum Gasteiger partial charge on any atom is -0.275 e. The molecule has 1 heterocycles. The standard InChI is InChI=1S/C11H20N2O/c1-8(2)10-7-11(14)13(12-10)9-5-3-4-6-9/h8-10,12H,3-7H2,1-2H3. The van der Waals surface area contributed by atoms with Crippen LogP contribution in [0.5, 0.6) is 0 Å². The Hall–Kier alpha value is -0.570. The number of hydrogen-bond donors (Lipinski definition) is 1. The molecule has 80 valence electrons. The third-order valence-electron chi connectivity index (χ3n) is 3.46. The molecule has 1 amide bonds. The summed E-state index contributed by atoms with van der Waals surface area (Å²) in [6, 6.07) is 0.842. The molecule has 2 rings (SSSR count). The Labute approximate surface area is 85.8 Å². The van der Waals surface area contributed by atoms with E-state index in [1.165, 1.54) is 25.7 Å². The van der Waals surface area contributed by atoms with Crippen molar-refractivity contribution in [1.29, 1.82) is 0 Å². The Morgan fingerprint density at radius 1 is 1.36 bits per heavy atom. The first-order valence-electron chi connectivity index (χ1n) is 5.76. The van der Waals surface area contributed by atoms with Gasteiger partial charge in [-0.15, -0.1) is 0 Å². The molecule has 1 aliphatic heterocycles. The van der Waals surface area contributed by atoms with Crippen LogP contribution in [0.4, 0.5) is 0 Å². The van der Waals surface area contributed by atoms with E-state index in [9.17, 15) is 4.79 Å². The van der Waals surface area contributed by atoms with Crippen molar-refractivity contribution >= 4 is 5.91 Å². The number of amides is 1. The van der Waals surface area contributed by atoms with Crippen molar-refractivity contribution in [2.45, 2.75) is 58.0 Å². The summed E-state index contributed by atoms with van der Waals surface area (Å²) in [5.74, 6) is 0.848. The van der Waals surface area contributed by atoms with Crippen LogP contribution in [0.2, 0.25) is 0 Å². The van der Waals surface area contributed by atoms with E-state index in [4.69, 9.17) is 0 Å². The lowest BCUT2D eigenvalue weighted by atomic mass is 10.0. The zero-order chi connectivity index (χ0) is 10.1. The normalized spacial score (nSPS) is 29.5. The minimum atomic E-state index is 0.301. The molecule has 0 radical (unpaired) electrons. The summed E-state index contributed by atoms with van der Waals surface area (Å²) in [6.07, 6.45) is 5.62. The Kier molecular flexibility index (Phi) is 2.77. The molecule has 1 saturated heterocycles. The lowest BCUT2D eigenvalue weighted by Crippen LogP contribution is -2.44. The van der Waals surface area contributed by atoms with Gasteiger partial charge in [-0.2, -0.15) is 0 Å². The van der Waals surface area contributed by atoms with Gasteiger partial charge in [0.05, 0.1) is 0 Å². The average Bonchev–Trinajstić information content (AvgIpc) is 2.71. The van der Waals surface area contributed by atoms with Crippen LogP contribution in [-0.2, 0) is 4.79 Å². The van der Waals surface area contributed by atoms with E-state index in [1.807, 2.05) is 5.01 Å². The molecule has 0 aromatic rings. The smallest absolute Gasteiger partial charge is 0.238 e. The highest BCUT2D eigenvalue weighted by atomic mass is 16.2. The number of hydrogen-bond acceptors (Lipinski definition) is 2. The predicted molar refractivity (Wildman–Crippen MR) is 55.5 cm³/mol. The predicted octanol–water partition coefficient (Wildman–Crippen LogP) is 1.69. The molecule has 0 aromatic carbocycles. The molecule has 1 aliphatic carbocycles. The van der Waals surface area contributed by atoms with Gasteiger partial charge in [0.15, 0.2) is 0 Å². The van der Waals surface area contributed by atoms with Gasteiger partial charge in [0.1, 0.15) is 0 Å². The fourth-order valence-corrected chi connectivity index (χ4v) is 2.44. The highest BCUT2D eigenvalue weighted by molar-refractivity contribution is 5.78. The number of carbonyl (C=O) groups excluding carboxylic acids is 1. The van der Waals surface area contributed by atoms with Gasteiger partial charge < -0.3 is 0 Å². The molecule has 1 N–H and O–H groups in total. The van der Waals surface area contributed by atoms with Gasteiger partial charge in [-0.1, -0.05) is 26.7 Å². The van der Waals surface area contributed by atoms with Crippen molar-refractivity contribution in [3.05, 3.63) is 0 Å². The van der Waals surface area contributed by atoms with E-state index in [0.717, 1.165) is 0 Å². The first-order valence-corrected chi connectivity index (χ1v) is 5.76. The van der Waals surface area contributed by atoms with Gasteiger partial charge in [-0.25, -0.2) is 5.43 Å². The summed E-state index contributed by atoms with van der Waals surface area (Å²) >= 11 is 0. The third kappa shape index (κ3) is 1.78. The van der Waals surface area contributed by atoms with E-state index >= 15 is 0 Å². The minimum absolute atomic E-state index is 0.301. The molecule has 0 bridgehead atoms. The average molecular weight is 196 g/mol. The monoisotopic (exact) mass is 196 g/mol. The summed E-state index contributed by atoms with van der Waals surface area (Å²) in [5.41, 5.74) is 3.37. The molecular weight excluding hydrogens is 176 g/mol. The Bertz CT molecular complexity index is 221. The van der Waals surface area contributed by atoms with Crippen LogP contribution < -0.4 is 5.43 Å². The molecule has 1 saturated carbocycles. The Balaban J connectivity index is 1.96. The van der Waals surface area contributed by atoms with E-state index in [2.05, 4.69) is 19.3 Å². The maximum absolute atomic E-state index is 11.7. The molecule has 2 fully saturated rings. The fourth-order valence-electron chi connectivity index (χ4n) is 2.44. The van der Waals surface area contributed by atoms with Crippen molar-refractivity contribution in [1.82, 2.24) is 10.4 Å². The second kappa shape index (κ2) is 3.89. The van der Waals surface area contributed by atoms with Gasteiger partial charge in [0.2, 0.25) is 5.91 Å². The summed E-state index contributed by atoms with van der Waals surface area (Å²) in [5, 5.41) is 1.91. The van der Waals surface area contributed by atoms with Crippen molar-refractivity contribution < 1.29 is 4.79 Å². The summed E-state index contributed by atoms with van der Waals surface area (Å²) in [7, 11) is 0. The van der Waals surface area contributed by atoms with Crippen LogP contribution in [0.15, 0.2) is 0 Å². The van der Waals surface area contributed by atoms with Crippen LogP contribution in [0.25, 0.3) is 0 Å². The molecule has 1 unspecified atom stereocenters. The maximum atomic E-state index is 11.7. The Morgan fingerprint density at radius 3 is 2.50 bits per heavy atom. The number of hydrazine groups is 1. The second-order valence-electron chi connectivity index (χ2n) is 4.89. The van der Waals surface area contributed by atoms with Crippen LogP contribution in [0.1, 0.15) is 46.0 Å². The lowest BCUT2D eigenvalue weighted by molar-refractivity contribution is -0.131. The molecular formula is C11H20N2O. The van der Waals surface area contributed by atoms with Gasteiger partial charge >= 0.3 is 0 Å². The fraction of sp³-hybridized carbons (Fsp3) is 0.909. The largest absolute Gasteiger partial charge is 0.275 e. The molecule has 0 spiro atoms. The van der Waals surface area contributed by atoms with Crippen LogP contribution in [0.3, 0.4) is 0 Å². The zero-order valence-electron chi connectivity index (χ0n) is 9.12. The van der Waals surface area contributed by atoms with Crippen LogP contribution in [0, 0.1) is 5.92 Å². The molecule has 0 aromatic heterocycles. The SMILES string of the molecule is CC(C)C1CC(=O)N(C2CCCC2)N1. The first-order chi connectivity index (χ1) is 6.68. The lowest BCUT2D eigenvalue weighted by Gasteiger charge is -2.25. The number of nitrogens with zero attached hydrogens (tertiary/aromatic N) is 1. The molecule has 3 heteroatoms. The quantitative estimate of drug-likeness (QED) is 0.729. The molecule has 2 aliphatic rings. The molecule has 1 atom stereocenters. The van der Waals surface area contributed by atoms with E-state index in [-0.39, 0.29) is 0 Å². The second-order valence-corrected chi connectivity index (χ2v) is 4.89. The van der Waals surface area contributed by atoms with Crippen molar-refractivity contribution in [2.75, 3.05) is 0 Å². The van der Waals surface area contributed by atoms with Gasteiger partial charge in [-0.3, -0.25) is 9.80 Å². The summed E-state index contributed by atoms with van der Waals surface area (Å²) in [6.45, 7) is 4.34. The number of carbonyl (C=O) groups is 1. The summed E-state index contributed by atoms with van der Waals surface area (Å²) in [4.78, 5) is 11.7. The number of rotatable bonds is 2. The van der Waals surface area contributed by atoms with Crippen LogP contribution in [-0.4, -0.2) is 23.0 Å². The summed E-state index contributed by atoms with van der Waals surface area (Å²) < 4.78 is 0. The highest BCUT2D eigenvalue weighted by Crippen LogP contribution is 2.26. The maximum Gasteiger partial charge on any atom is 0.238 e. The van der Waals surface area contributed by atoms with Gasteiger partial charge in [-0.05, 0) is 18.8 Å². The Morgan fingerprint density at radius 2 is 2.00 bits per heavy atom. The van der Waals surface area contributed by atoms with Crippen molar-refractivity contribution in [2.24, 2.45) is 5.92 Å². The first kappa shape index (κ1) is 9.97. The van der Waals surface area contributed by atoms with Crippen molar-refractivity contribution in [3.8, 4) is 0 Å². The van der Waals surface area contributed by atoms with Gasteiger partial charge in [0, 0.05) is 18.5 Å². The third-order valence-corrected chi connectivity index (χ3v) is 3.46. The van der Waals surface area contributed by atoms with Gasteiger partial charge in [0.25, 0.3) is 0 Å². The van der Waals surface area contributed by atoms with E-state index in [1.54, 1.807) is 0 Å². The van der Waals surface area contributed by atoms with Crippen LogP contribution >= 0.6 is 0 Å². The molecule has 3 nitrogen and oxygen atoms in total. The van der Waals surface area contributed by atoms with E-state index in [0.29, 0.717) is 30.3 Å².